The number of methoxy groups -OCH3 is 2. The van der Waals surface area contributed by atoms with Gasteiger partial charge in [0.15, 0.2) is 5.78 Å². The number of carbonyl (C=O) groups excluding carboxylic acids is 8. The molecule has 80 heavy (non-hydrogen) atoms. The predicted octanol–water partition coefficient (Wildman–Crippen LogP) is 5.53. The minimum atomic E-state index is -0.948. The van der Waals surface area contributed by atoms with Gasteiger partial charge in [-0.3, -0.25) is 43.3 Å². The number of likely N-dealkylation sites (tertiary alicyclic amines) is 1. The Morgan fingerprint density at radius 3 is 1.96 bits per heavy atom. The molecule has 2 aromatic carbocycles. The summed E-state index contributed by atoms with van der Waals surface area (Å²) in [5.74, 6) is -4.39. The van der Waals surface area contributed by atoms with Crippen molar-refractivity contribution in [2.45, 2.75) is 136 Å². The van der Waals surface area contributed by atoms with Gasteiger partial charge in [0.1, 0.15) is 23.8 Å². The highest BCUT2D eigenvalue weighted by Gasteiger charge is 2.43. The SMILES string of the molecule is CC[C@H](C)[C@@H]([C@@H](CC(=O)N1CCC[C@H]1[C@H](OC)[C@@H](C)C(=O)N[C@H](Cc1ccccc1)C(=O)NCCOCCOCCCC(=O)c1ccc(NC(=O)CCl)c(NC(=O)CCl)c1)OC)N(C)C(=O)[C@H](NC(=O)[C@H](C(C)C)N(C)C)C(C)C. The first-order chi connectivity index (χ1) is 38.0. The van der Waals surface area contributed by atoms with Crippen molar-refractivity contribution in [2.75, 3.05) is 97.3 Å². The van der Waals surface area contributed by atoms with Crippen molar-refractivity contribution in [1.29, 1.82) is 0 Å². The Hall–Kier alpha value is -5.22. The number of nitrogens with zero attached hydrogens (tertiary/aromatic N) is 3. The Labute approximate surface area is 484 Å². The van der Waals surface area contributed by atoms with Crippen LogP contribution in [-0.4, -0.2) is 191 Å². The number of alkyl halides is 2. The Kier molecular flexibility index (Phi) is 30.7. The van der Waals surface area contributed by atoms with Crippen molar-refractivity contribution in [2.24, 2.45) is 23.7 Å². The number of ether oxygens (including phenoxy) is 4. The maximum Gasteiger partial charge on any atom is 0.245 e. The molecule has 0 aromatic heterocycles. The van der Waals surface area contributed by atoms with Crippen LogP contribution < -0.4 is 26.6 Å². The third kappa shape index (κ3) is 21.3. The van der Waals surface area contributed by atoms with E-state index in [-0.39, 0.29) is 117 Å². The molecule has 0 spiro atoms. The van der Waals surface area contributed by atoms with Crippen LogP contribution >= 0.6 is 23.2 Å². The molecule has 0 aliphatic carbocycles. The summed E-state index contributed by atoms with van der Waals surface area (Å²) in [4.78, 5) is 112. The minimum Gasteiger partial charge on any atom is -0.379 e. The minimum absolute atomic E-state index is 0.0106. The summed E-state index contributed by atoms with van der Waals surface area (Å²) in [5, 5.41) is 14.0. The molecule has 1 aliphatic heterocycles. The van der Waals surface area contributed by atoms with Crippen molar-refractivity contribution >= 4 is 81.7 Å². The monoisotopic (exact) mass is 1160 g/mol. The Morgan fingerprint density at radius 2 is 1.39 bits per heavy atom. The van der Waals surface area contributed by atoms with E-state index in [4.69, 9.17) is 42.1 Å². The van der Waals surface area contributed by atoms with Crippen molar-refractivity contribution in [3.8, 4) is 0 Å². The normalized spacial score (nSPS) is 16.5. The maximum absolute atomic E-state index is 14.5. The summed E-state index contributed by atoms with van der Waals surface area (Å²) in [5.41, 5.74) is 1.66. The number of benzene rings is 2. The summed E-state index contributed by atoms with van der Waals surface area (Å²) in [7, 11) is 8.45. The molecule has 2 aromatic rings. The fourth-order valence-corrected chi connectivity index (χ4v) is 10.4. The molecule has 5 N–H and O–H groups in total. The second-order valence-corrected chi connectivity index (χ2v) is 21.9. The quantitative estimate of drug-likeness (QED) is 0.0321. The maximum atomic E-state index is 14.5. The lowest BCUT2D eigenvalue weighted by atomic mass is 9.89. The third-order valence-corrected chi connectivity index (χ3v) is 15.1. The number of carbonyl (C=O) groups is 8. The second kappa shape index (κ2) is 35.6. The number of hydrogen-bond donors (Lipinski definition) is 5. The standard InChI is InChI=1S/C58H90Cl2N8O12/c1-13-38(6)53(67(10)58(76)51(36(2)3)65-57(75)52(37(4)5)66(8)9)47(77-11)33-50(72)68-26-17-21-45(68)54(78-12)39(7)55(73)64-44(31-40-19-15-14-16-20-40)56(74)61-25-28-80-30-29-79-27-18-22-46(69)41-23-24-42(62-48(70)34-59)43(32-41)63-49(71)35-60/h14-16,19-20,23-24,32,36-39,44-45,47,51-54H,13,17-18,21-22,25-31,33-35H2,1-12H3,(H,61,74)(H,62,70)(H,63,71)(H,64,73)(H,65,75)/t38-,39+,44+,45-,47+,51+,52-,53-,54+/m0/s1. The van der Waals surface area contributed by atoms with Gasteiger partial charge in [-0.2, -0.15) is 0 Å². The van der Waals surface area contributed by atoms with Gasteiger partial charge in [0.25, 0.3) is 0 Å². The summed E-state index contributed by atoms with van der Waals surface area (Å²) < 4.78 is 23.5. The number of anilines is 2. The predicted molar refractivity (Wildman–Crippen MR) is 311 cm³/mol. The number of halogens is 2. The van der Waals surface area contributed by atoms with E-state index in [1.54, 1.807) is 29.8 Å². The second-order valence-electron chi connectivity index (χ2n) is 21.4. The molecule has 1 heterocycles. The van der Waals surface area contributed by atoms with Gasteiger partial charge in [-0.1, -0.05) is 85.2 Å². The van der Waals surface area contributed by atoms with Crippen LogP contribution in [0.5, 0.6) is 0 Å². The van der Waals surface area contributed by atoms with E-state index >= 15 is 0 Å². The largest absolute Gasteiger partial charge is 0.379 e. The van der Waals surface area contributed by atoms with Gasteiger partial charge in [-0.25, -0.2) is 0 Å². The lowest BCUT2D eigenvalue weighted by Gasteiger charge is -2.41. The van der Waals surface area contributed by atoms with E-state index in [1.165, 1.54) is 26.4 Å². The van der Waals surface area contributed by atoms with E-state index in [0.29, 0.717) is 37.8 Å². The highest BCUT2D eigenvalue weighted by molar-refractivity contribution is 6.30. The molecule has 1 fully saturated rings. The van der Waals surface area contributed by atoms with Crippen molar-refractivity contribution < 1.29 is 57.3 Å². The van der Waals surface area contributed by atoms with Gasteiger partial charge in [0.05, 0.1) is 73.9 Å². The van der Waals surface area contributed by atoms with E-state index < -0.39 is 72.0 Å². The molecule has 9 atom stereocenters. The van der Waals surface area contributed by atoms with Crippen LogP contribution in [0, 0.1) is 23.7 Å². The molecule has 22 heteroatoms. The number of ketones is 1. The molecule has 0 saturated carbocycles. The summed E-state index contributed by atoms with van der Waals surface area (Å²) >= 11 is 11.2. The average Bonchev–Trinajstić information content (AvgIpc) is 3.98. The van der Waals surface area contributed by atoms with Gasteiger partial charge in [-0.05, 0) is 74.9 Å². The molecular formula is C58H90Cl2N8O12. The first kappa shape index (κ1) is 69.1. The summed E-state index contributed by atoms with van der Waals surface area (Å²) in [6.07, 6.45) is 1.29. The number of rotatable bonds is 36. The van der Waals surface area contributed by atoms with Crippen molar-refractivity contribution in [1.82, 2.24) is 30.7 Å². The van der Waals surface area contributed by atoms with E-state index in [1.807, 2.05) is 90.9 Å². The van der Waals surface area contributed by atoms with Crippen LogP contribution in [-0.2, 0) is 58.9 Å². The zero-order valence-electron chi connectivity index (χ0n) is 49.1. The highest BCUT2D eigenvalue weighted by Crippen LogP contribution is 2.30. The fraction of sp³-hybridized carbons (Fsp3) is 0.655. The molecule has 448 valence electrons. The lowest BCUT2D eigenvalue weighted by molar-refractivity contribution is -0.148. The Bertz CT molecular complexity index is 2300. The Balaban J connectivity index is 1.60. The molecule has 1 aliphatic rings. The zero-order chi connectivity index (χ0) is 59.6. The third-order valence-electron chi connectivity index (χ3n) is 14.6. The van der Waals surface area contributed by atoms with Gasteiger partial charge in [-0.15, -0.1) is 23.2 Å². The molecule has 0 radical (unpaired) electrons. The van der Waals surface area contributed by atoms with E-state index in [2.05, 4.69) is 26.6 Å². The summed E-state index contributed by atoms with van der Waals surface area (Å²) in [6, 6.07) is 10.7. The van der Waals surface area contributed by atoms with Crippen molar-refractivity contribution in [3.63, 3.8) is 0 Å². The van der Waals surface area contributed by atoms with Gasteiger partial charge >= 0.3 is 0 Å². The molecule has 20 nitrogen and oxygen atoms in total. The number of amides is 7. The molecule has 0 unspecified atom stereocenters. The average molecular weight is 1160 g/mol. The molecule has 0 bridgehead atoms. The molecule has 1 saturated heterocycles. The van der Waals surface area contributed by atoms with Gasteiger partial charge in [0.2, 0.25) is 41.4 Å². The van der Waals surface area contributed by atoms with Crippen LogP contribution in [0.1, 0.15) is 103 Å². The molecular weight excluding hydrogens is 1070 g/mol. The fourth-order valence-electron chi connectivity index (χ4n) is 10.2. The van der Waals surface area contributed by atoms with Crippen LogP contribution in [0.2, 0.25) is 0 Å². The highest BCUT2D eigenvalue weighted by atomic mass is 35.5. The van der Waals surface area contributed by atoms with Crippen LogP contribution in [0.15, 0.2) is 48.5 Å². The zero-order valence-corrected chi connectivity index (χ0v) is 50.6. The first-order valence-electron chi connectivity index (χ1n) is 27.8. The number of nitrogens with one attached hydrogen (secondary N) is 5. The number of likely N-dealkylation sites (N-methyl/N-ethyl adjacent to an activating group) is 2. The smallest absolute Gasteiger partial charge is 0.245 e. The van der Waals surface area contributed by atoms with Crippen LogP contribution in [0.25, 0.3) is 0 Å². The topological polar surface area (TPSA) is 243 Å². The number of Topliss-reactive ketones (excluding diaryl/α,β-unsaturated/α-hetero) is 1. The lowest BCUT2D eigenvalue weighted by Crippen LogP contribution is -2.59. The summed E-state index contributed by atoms with van der Waals surface area (Å²) in [6.45, 7) is 15.0. The first-order valence-corrected chi connectivity index (χ1v) is 28.9. The Morgan fingerprint density at radius 1 is 0.750 bits per heavy atom. The van der Waals surface area contributed by atoms with E-state index in [9.17, 15) is 38.4 Å². The molecule has 3 rings (SSSR count). The van der Waals surface area contributed by atoms with E-state index in [0.717, 1.165) is 5.56 Å². The van der Waals surface area contributed by atoms with Crippen molar-refractivity contribution in [3.05, 3.63) is 59.7 Å². The molecule has 7 amide bonds. The van der Waals surface area contributed by atoms with Crippen LogP contribution in [0.3, 0.4) is 0 Å². The van der Waals surface area contributed by atoms with Crippen LogP contribution in [0.4, 0.5) is 11.4 Å². The van der Waals surface area contributed by atoms with Gasteiger partial charge in [0, 0.05) is 59.4 Å². The number of hydrogen-bond acceptors (Lipinski definition) is 13. The van der Waals surface area contributed by atoms with Gasteiger partial charge < -0.3 is 55.3 Å².